The molecule has 1 aliphatic rings. The SMILES string of the molecule is Cc1cccc(C)c1OCC[N+]1(Cc2ccccc2)CCCC1.[Y]. The van der Waals surface area contributed by atoms with E-state index in [9.17, 15) is 0 Å². The van der Waals surface area contributed by atoms with Gasteiger partial charge in [0.2, 0.25) is 0 Å². The van der Waals surface area contributed by atoms with Crippen molar-refractivity contribution in [3.8, 4) is 5.75 Å². The fourth-order valence-electron chi connectivity index (χ4n) is 3.81. The number of ether oxygens (including phenoxy) is 1. The molecule has 1 fully saturated rings. The van der Waals surface area contributed by atoms with Crippen LogP contribution in [0.1, 0.15) is 29.5 Å². The third-order valence-corrected chi connectivity index (χ3v) is 5.10. The molecule has 0 saturated carbocycles. The van der Waals surface area contributed by atoms with Gasteiger partial charge in [-0.25, -0.2) is 0 Å². The van der Waals surface area contributed by atoms with Gasteiger partial charge in [0.15, 0.2) is 0 Å². The van der Waals surface area contributed by atoms with Gasteiger partial charge in [-0.3, -0.25) is 0 Å². The smallest absolute Gasteiger partial charge is 0.137 e. The van der Waals surface area contributed by atoms with Crippen molar-refractivity contribution in [3.05, 3.63) is 65.2 Å². The first-order chi connectivity index (χ1) is 11.2. The van der Waals surface area contributed by atoms with Gasteiger partial charge in [0.25, 0.3) is 0 Å². The second kappa shape index (κ2) is 9.13. The molecule has 0 aromatic heterocycles. The maximum Gasteiger partial charge on any atom is 0.137 e. The van der Waals surface area contributed by atoms with E-state index in [0.29, 0.717) is 0 Å². The molecule has 0 aliphatic carbocycles. The van der Waals surface area contributed by atoms with Crippen molar-refractivity contribution in [2.24, 2.45) is 0 Å². The number of hydrogen-bond donors (Lipinski definition) is 0. The van der Waals surface area contributed by atoms with Gasteiger partial charge in [-0.2, -0.15) is 0 Å². The quantitative estimate of drug-likeness (QED) is 0.651. The number of nitrogens with zero attached hydrogens (tertiary/aromatic N) is 1. The van der Waals surface area contributed by atoms with Crippen molar-refractivity contribution in [3.63, 3.8) is 0 Å². The molecule has 1 radical (unpaired) electrons. The summed E-state index contributed by atoms with van der Waals surface area (Å²) in [6.45, 7) is 9.87. The zero-order valence-corrected chi connectivity index (χ0v) is 17.8. The van der Waals surface area contributed by atoms with Crippen molar-refractivity contribution in [2.75, 3.05) is 26.2 Å². The summed E-state index contributed by atoms with van der Waals surface area (Å²) < 4.78 is 7.35. The van der Waals surface area contributed by atoms with Crippen LogP contribution in [0.4, 0.5) is 0 Å². The van der Waals surface area contributed by atoms with Gasteiger partial charge < -0.3 is 9.22 Å². The molecule has 0 unspecified atom stereocenters. The van der Waals surface area contributed by atoms with Gasteiger partial charge in [-0.15, -0.1) is 0 Å². The molecule has 1 heterocycles. The van der Waals surface area contributed by atoms with Crippen LogP contribution in [0.15, 0.2) is 48.5 Å². The predicted molar refractivity (Wildman–Crippen MR) is 95.7 cm³/mol. The first kappa shape index (κ1) is 19.6. The molecule has 1 saturated heterocycles. The Hall–Kier alpha value is -0.696. The summed E-state index contributed by atoms with van der Waals surface area (Å²) >= 11 is 0. The van der Waals surface area contributed by atoms with Crippen LogP contribution in [-0.4, -0.2) is 30.7 Å². The van der Waals surface area contributed by atoms with Crippen LogP contribution in [0.3, 0.4) is 0 Å². The molecule has 0 bridgehead atoms. The van der Waals surface area contributed by atoms with Crippen molar-refractivity contribution in [1.29, 1.82) is 0 Å². The second-order valence-corrected chi connectivity index (χ2v) is 6.93. The average Bonchev–Trinajstić information content (AvgIpc) is 3.00. The van der Waals surface area contributed by atoms with Gasteiger partial charge in [0.1, 0.15) is 25.4 Å². The Morgan fingerprint density at radius 2 is 1.50 bits per heavy atom. The molecule has 0 amide bonds. The fraction of sp³-hybridized carbons (Fsp3) is 0.429. The van der Waals surface area contributed by atoms with Gasteiger partial charge in [0, 0.05) is 51.1 Å². The van der Waals surface area contributed by atoms with Crippen LogP contribution >= 0.6 is 0 Å². The first-order valence-electron chi connectivity index (χ1n) is 8.77. The van der Waals surface area contributed by atoms with E-state index in [1.807, 2.05) is 0 Å². The summed E-state index contributed by atoms with van der Waals surface area (Å²) in [4.78, 5) is 0. The van der Waals surface area contributed by atoms with E-state index < -0.39 is 0 Å². The van der Waals surface area contributed by atoms with E-state index in [4.69, 9.17) is 4.74 Å². The molecule has 1 aliphatic heterocycles. The van der Waals surface area contributed by atoms with E-state index in [0.717, 1.165) is 25.4 Å². The summed E-state index contributed by atoms with van der Waals surface area (Å²) in [5.41, 5.74) is 3.92. The number of para-hydroxylation sites is 1. The molecule has 2 aromatic rings. The minimum atomic E-state index is 0. The Bertz CT molecular complexity index is 615. The van der Waals surface area contributed by atoms with Crippen molar-refractivity contribution < 1.29 is 41.9 Å². The van der Waals surface area contributed by atoms with Gasteiger partial charge in [0.05, 0.1) is 13.1 Å². The minimum Gasteiger partial charge on any atom is -0.487 e. The fourth-order valence-corrected chi connectivity index (χ4v) is 3.81. The molecule has 2 nitrogen and oxygen atoms in total. The topological polar surface area (TPSA) is 9.23 Å². The van der Waals surface area contributed by atoms with Crippen LogP contribution in [0.5, 0.6) is 5.75 Å². The normalized spacial score (nSPS) is 15.8. The average molecular weight is 399 g/mol. The maximum absolute atomic E-state index is 6.18. The molecule has 0 atom stereocenters. The van der Waals surface area contributed by atoms with Crippen LogP contribution < -0.4 is 4.74 Å². The van der Waals surface area contributed by atoms with E-state index in [2.05, 4.69) is 62.4 Å². The third kappa shape index (κ3) is 4.91. The Labute approximate surface area is 171 Å². The largest absolute Gasteiger partial charge is 0.487 e. The number of quaternary nitrogens is 1. The standard InChI is InChI=1S/C21H28NO.Y/c1-18-9-8-10-19(2)21(18)23-16-15-22(13-6-7-14-22)17-20-11-4-3-5-12-20;/h3-5,8-12H,6-7,13-17H2,1-2H3;/q+1;. The van der Waals surface area contributed by atoms with Crippen LogP contribution in [0.2, 0.25) is 0 Å². The third-order valence-electron chi connectivity index (χ3n) is 5.10. The van der Waals surface area contributed by atoms with Crippen LogP contribution in [0.25, 0.3) is 0 Å². The van der Waals surface area contributed by atoms with E-state index in [1.165, 1.54) is 47.1 Å². The summed E-state index contributed by atoms with van der Waals surface area (Å²) in [6.07, 6.45) is 2.69. The van der Waals surface area contributed by atoms with Gasteiger partial charge in [-0.1, -0.05) is 48.5 Å². The van der Waals surface area contributed by atoms with E-state index >= 15 is 0 Å². The summed E-state index contributed by atoms with van der Waals surface area (Å²) in [6, 6.07) is 17.3. The van der Waals surface area contributed by atoms with Gasteiger partial charge in [-0.05, 0) is 25.0 Å². The van der Waals surface area contributed by atoms with Gasteiger partial charge >= 0.3 is 0 Å². The molecular weight excluding hydrogens is 371 g/mol. The molecule has 2 aromatic carbocycles. The molecule has 0 N–H and O–H groups in total. The van der Waals surface area contributed by atoms with E-state index in [-0.39, 0.29) is 32.7 Å². The zero-order chi connectivity index (χ0) is 16.1. The van der Waals surface area contributed by atoms with E-state index in [1.54, 1.807) is 0 Å². The Kier molecular flexibility index (Phi) is 7.46. The number of hydrogen-bond acceptors (Lipinski definition) is 1. The molecule has 0 spiro atoms. The monoisotopic (exact) mass is 399 g/mol. The van der Waals surface area contributed by atoms with Crippen molar-refractivity contribution in [1.82, 2.24) is 0 Å². The molecule has 3 heteroatoms. The Morgan fingerprint density at radius 3 is 2.12 bits per heavy atom. The summed E-state index contributed by atoms with van der Waals surface area (Å²) in [5, 5.41) is 0. The number of likely N-dealkylation sites (tertiary alicyclic amines) is 1. The summed E-state index contributed by atoms with van der Waals surface area (Å²) in [5.74, 6) is 1.07. The Morgan fingerprint density at radius 1 is 0.875 bits per heavy atom. The van der Waals surface area contributed by atoms with Crippen LogP contribution in [0, 0.1) is 13.8 Å². The minimum absolute atomic E-state index is 0. The second-order valence-electron chi connectivity index (χ2n) is 6.93. The maximum atomic E-state index is 6.18. The first-order valence-corrected chi connectivity index (χ1v) is 8.77. The molecule has 24 heavy (non-hydrogen) atoms. The van der Waals surface area contributed by atoms with Crippen molar-refractivity contribution >= 4 is 0 Å². The van der Waals surface area contributed by atoms with Crippen LogP contribution in [-0.2, 0) is 39.3 Å². The number of rotatable bonds is 6. The molecular formula is C21H28NOY+. The Balaban J connectivity index is 0.00000208. The zero-order valence-electron chi connectivity index (χ0n) is 15.0. The van der Waals surface area contributed by atoms with Crippen molar-refractivity contribution in [2.45, 2.75) is 33.2 Å². The number of aryl methyl sites for hydroxylation is 2. The summed E-state index contributed by atoms with van der Waals surface area (Å²) in [7, 11) is 0. The predicted octanol–water partition coefficient (Wildman–Crippen LogP) is 4.49. The molecule has 3 rings (SSSR count). The molecule has 125 valence electrons. The number of benzene rings is 2.